The maximum absolute atomic E-state index is 12.2. The highest BCUT2D eigenvalue weighted by atomic mass is 16.5. The molecule has 0 saturated carbocycles. The highest BCUT2D eigenvalue weighted by Gasteiger charge is 2.26. The number of Topliss-reactive ketones (excluding diaryl/α,β-unsaturated/α-hetero) is 1. The van der Waals surface area contributed by atoms with Gasteiger partial charge in [0.15, 0.2) is 5.76 Å². The van der Waals surface area contributed by atoms with Crippen LogP contribution in [0.2, 0.25) is 0 Å². The molecule has 0 atom stereocenters. The molecule has 0 spiro atoms. The number of hydrogen-bond acceptors (Lipinski definition) is 2. The molecule has 0 aromatic heterocycles. The normalized spacial score (nSPS) is 15.5. The van der Waals surface area contributed by atoms with Gasteiger partial charge in [-0.1, -0.05) is 35.9 Å². The second-order valence-electron chi connectivity index (χ2n) is 4.85. The molecular formula is C17H14O2. The summed E-state index contributed by atoms with van der Waals surface area (Å²) in [6, 6.07) is 13.6. The van der Waals surface area contributed by atoms with Crippen LogP contribution in [0.3, 0.4) is 0 Å². The van der Waals surface area contributed by atoms with Gasteiger partial charge in [0.25, 0.3) is 0 Å². The number of fused-ring (bicyclic) bond motifs is 1. The maximum atomic E-state index is 12.2. The predicted octanol–water partition coefficient (Wildman–Crippen LogP) is 3.92. The quantitative estimate of drug-likeness (QED) is 0.717. The minimum Gasteiger partial charge on any atom is -0.452 e. The molecule has 0 aliphatic carbocycles. The lowest BCUT2D eigenvalue weighted by Gasteiger charge is -1.99. The molecule has 2 nitrogen and oxygen atoms in total. The third-order valence-electron chi connectivity index (χ3n) is 3.20. The first kappa shape index (κ1) is 11.7. The third kappa shape index (κ3) is 2.17. The summed E-state index contributed by atoms with van der Waals surface area (Å²) in [5.41, 5.74) is 3.89. The van der Waals surface area contributed by atoms with E-state index in [2.05, 4.69) is 0 Å². The number of hydrogen-bond donors (Lipinski definition) is 0. The number of aryl methyl sites for hydroxylation is 2. The lowest BCUT2D eigenvalue weighted by Crippen LogP contribution is -1.97. The predicted molar refractivity (Wildman–Crippen MR) is 75.3 cm³/mol. The molecule has 2 aromatic carbocycles. The summed E-state index contributed by atoms with van der Waals surface area (Å²) in [6.07, 6.45) is 1.79. The van der Waals surface area contributed by atoms with Gasteiger partial charge < -0.3 is 4.74 Å². The van der Waals surface area contributed by atoms with Crippen molar-refractivity contribution >= 4 is 11.9 Å². The van der Waals surface area contributed by atoms with Crippen molar-refractivity contribution in [1.82, 2.24) is 0 Å². The molecule has 2 aromatic rings. The SMILES string of the molecule is Cc1ccc(/C=C2\Oc3cc(C)ccc3C2=O)cc1. The van der Waals surface area contributed by atoms with Gasteiger partial charge >= 0.3 is 0 Å². The van der Waals surface area contributed by atoms with Crippen molar-refractivity contribution in [1.29, 1.82) is 0 Å². The van der Waals surface area contributed by atoms with Crippen LogP contribution in [-0.2, 0) is 0 Å². The van der Waals surface area contributed by atoms with Crippen LogP contribution in [0, 0.1) is 13.8 Å². The molecule has 0 bridgehead atoms. The van der Waals surface area contributed by atoms with Gasteiger partial charge in [0.05, 0.1) is 5.56 Å². The largest absolute Gasteiger partial charge is 0.452 e. The molecule has 0 unspecified atom stereocenters. The molecule has 0 amide bonds. The van der Waals surface area contributed by atoms with Crippen molar-refractivity contribution in [3.8, 4) is 5.75 Å². The highest BCUT2D eigenvalue weighted by Crippen LogP contribution is 2.32. The zero-order chi connectivity index (χ0) is 13.4. The first-order chi connectivity index (χ1) is 9.13. The van der Waals surface area contributed by atoms with Gasteiger partial charge in [0, 0.05) is 0 Å². The number of carbonyl (C=O) groups excluding carboxylic acids is 1. The van der Waals surface area contributed by atoms with Crippen LogP contribution >= 0.6 is 0 Å². The van der Waals surface area contributed by atoms with Crippen LogP contribution in [0.15, 0.2) is 48.2 Å². The van der Waals surface area contributed by atoms with E-state index >= 15 is 0 Å². The molecular weight excluding hydrogens is 236 g/mol. The van der Waals surface area contributed by atoms with Crippen LogP contribution in [0.4, 0.5) is 0 Å². The van der Waals surface area contributed by atoms with Gasteiger partial charge in [-0.05, 0) is 43.2 Å². The number of ether oxygens (including phenoxy) is 1. The first-order valence-electron chi connectivity index (χ1n) is 6.25. The van der Waals surface area contributed by atoms with Crippen LogP contribution < -0.4 is 4.74 Å². The van der Waals surface area contributed by atoms with Crippen LogP contribution in [0.25, 0.3) is 6.08 Å². The molecule has 1 heterocycles. The van der Waals surface area contributed by atoms with Gasteiger partial charge in [-0.2, -0.15) is 0 Å². The fourth-order valence-corrected chi connectivity index (χ4v) is 2.11. The highest BCUT2D eigenvalue weighted by molar-refractivity contribution is 6.14. The van der Waals surface area contributed by atoms with Crippen molar-refractivity contribution < 1.29 is 9.53 Å². The Labute approximate surface area is 112 Å². The third-order valence-corrected chi connectivity index (χ3v) is 3.20. The van der Waals surface area contributed by atoms with Crippen molar-refractivity contribution in [2.75, 3.05) is 0 Å². The Morgan fingerprint density at radius 3 is 2.37 bits per heavy atom. The van der Waals surface area contributed by atoms with Crippen molar-refractivity contribution in [3.05, 3.63) is 70.5 Å². The number of ketones is 1. The van der Waals surface area contributed by atoms with E-state index in [4.69, 9.17) is 4.74 Å². The van der Waals surface area contributed by atoms with E-state index in [1.165, 1.54) is 5.56 Å². The van der Waals surface area contributed by atoms with Crippen molar-refractivity contribution in [2.45, 2.75) is 13.8 Å². The summed E-state index contributed by atoms with van der Waals surface area (Å²) >= 11 is 0. The van der Waals surface area contributed by atoms with E-state index < -0.39 is 0 Å². The Kier molecular flexibility index (Phi) is 2.71. The molecule has 0 N–H and O–H groups in total. The Morgan fingerprint density at radius 2 is 1.63 bits per heavy atom. The lowest BCUT2D eigenvalue weighted by atomic mass is 10.1. The second kappa shape index (κ2) is 4.39. The summed E-state index contributed by atoms with van der Waals surface area (Å²) in [5, 5.41) is 0. The van der Waals surface area contributed by atoms with E-state index in [0.717, 1.165) is 11.1 Å². The van der Waals surface area contributed by atoms with Gasteiger partial charge in [-0.15, -0.1) is 0 Å². The molecule has 0 saturated heterocycles. The number of benzene rings is 2. The molecule has 0 radical (unpaired) electrons. The van der Waals surface area contributed by atoms with Gasteiger partial charge in [0.1, 0.15) is 5.75 Å². The standard InChI is InChI=1S/C17H14O2/c1-11-3-6-13(7-4-11)10-16-17(18)14-8-5-12(2)9-15(14)19-16/h3-10H,1-2H3/b16-10-. The summed E-state index contributed by atoms with van der Waals surface area (Å²) in [7, 11) is 0. The first-order valence-corrected chi connectivity index (χ1v) is 6.25. The molecule has 94 valence electrons. The van der Waals surface area contributed by atoms with E-state index in [1.807, 2.05) is 56.3 Å². The summed E-state index contributed by atoms with van der Waals surface area (Å²) in [5.74, 6) is 1.00. The summed E-state index contributed by atoms with van der Waals surface area (Å²) < 4.78 is 5.65. The topological polar surface area (TPSA) is 26.3 Å². The van der Waals surface area contributed by atoms with Crippen molar-refractivity contribution in [2.24, 2.45) is 0 Å². The number of rotatable bonds is 1. The molecule has 1 aliphatic rings. The van der Waals surface area contributed by atoms with E-state index in [1.54, 1.807) is 6.08 Å². The van der Waals surface area contributed by atoms with Crippen LogP contribution in [0.1, 0.15) is 27.0 Å². The summed E-state index contributed by atoms with van der Waals surface area (Å²) in [4.78, 5) is 12.2. The Hall–Kier alpha value is -2.35. The fourth-order valence-electron chi connectivity index (χ4n) is 2.11. The van der Waals surface area contributed by atoms with E-state index in [0.29, 0.717) is 17.1 Å². The zero-order valence-electron chi connectivity index (χ0n) is 10.9. The van der Waals surface area contributed by atoms with Gasteiger partial charge in [0.2, 0.25) is 5.78 Å². The zero-order valence-corrected chi connectivity index (χ0v) is 10.9. The van der Waals surface area contributed by atoms with Crippen molar-refractivity contribution in [3.63, 3.8) is 0 Å². The van der Waals surface area contributed by atoms with Crippen LogP contribution in [-0.4, -0.2) is 5.78 Å². The maximum Gasteiger partial charge on any atom is 0.231 e. The molecule has 2 heteroatoms. The van der Waals surface area contributed by atoms with Gasteiger partial charge in [-0.3, -0.25) is 4.79 Å². The summed E-state index contributed by atoms with van der Waals surface area (Å²) in [6.45, 7) is 4.02. The molecule has 19 heavy (non-hydrogen) atoms. The Balaban J connectivity index is 1.97. The van der Waals surface area contributed by atoms with E-state index in [9.17, 15) is 4.79 Å². The molecule has 1 aliphatic heterocycles. The molecule has 3 rings (SSSR count). The van der Waals surface area contributed by atoms with E-state index in [-0.39, 0.29) is 5.78 Å². The second-order valence-corrected chi connectivity index (χ2v) is 4.85. The minimum absolute atomic E-state index is 0.0458. The number of allylic oxidation sites excluding steroid dienone is 1. The average molecular weight is 250 g/mol. The monoisotopic (exact) mass is 250 g/mol. The van der Waals surface area contributed by atoms with Crippen LogP contribution in [0.5, 0.6) is 5.75 Å². The minimum atomic E-state index is -0.0458. The van der Waals surface area contributed by atoms with Gasteiger partial charge in [-0.25, -0.2) is 0 Å². The Bertz CT molecular complexity index is 679. The average Bonchev–Trinajstić information content (AvgIpc) is 2.68. The fraction of sp³-hybridized carbons (Fsp3) is 0.118. The molecule has 0 fully saturated rings. The Morgan fingerprint density at radius 1 is 0.947 bits per heavy atom. The lowest BCUT2D eigenvalue weighted by molar-refractivity contribution is 0.101. The number of carbonyl (C=O) groups is 1. The smallest absolute Gasteiger partial charge is 0.231 e.